The summed E-state index contributed by atoms with van der Waals surface area (Å²) in [4.78, 5) is 1.88. The Labute approximate surface area is 140 Å². The van der Waals surface area contributed by atoms with Crippen LogP contribution in [0.4, 0.5) is 8.78 Å². The van der Waals surface area contributed by atoms with Crippen LogP contribution >= 0.6 is 0 Å². The molecule has 0 saturated heterocycles. The lowest BCUT2D eigenvalue weighted by Gasteiger charge is -2.13. The Morgan fingerprint density at radius 3 is 2.42 bits per heavy atom. The van der Waals surface area contributed by atoms with Crippen LogP contribution in [0.2, 0.25) is 0 Å². The standard InChI is InChI=1S/C16H24F2N2O4/c1-20(2)11-13-5-4-12(10-19-6-7-22-9-8-21-3)14-15(13)24-16(17,18)23-14/h4-5,19H,6-11H2,1-3H3. The van der Waals surface area contributed by atoms with Crippen molar-refractivity contribution in [3.8, 4) is 11.5 Å². The molecule has 0 aromatic heterocycles. The van der Waals surface area contributed by atoms with Gasteiger partial charge in [0, 0.05) is 37.9 Å². The van der Waals surface area contributed by atoms with Gasteiger partial charge in [-0.25, -0.2) is 0 Å². The molecule has 1 aromatic rings. The average molecular weight is 346 g/mol. The number of rotatable bonds is 10. The number of hydrogen-bond donors (Lipinski definition) is 1. The summed E-state index contributed by atoms with van der Waals surface area (Å²) in [6.45, 7) is 3.05. The third-order valence-corrected chi connectivity index (χ3v) is 3.37. The molecule has 0 fully saturated rings. The fourth-order valence-corrected chi connectivity index (χ4v) is 2.34. The smallest absolute Gasteiger partial charge is 0.395 e. The van der Waals surface area contributed by atoms with Gasteiger partial charge in [-0.3, -0.25) is 0 Å². The fourth-order valence-electron chi connectivity index (χ4n) is 2.34. The molecule has 0 aliphatic carbocycles. The molecule has 1 N–H and O–H groups in total. The Bertz CT molecular complexity index is 541. The minimum Gasteiger partial charge on any atom is -0.395 e. The number of fused-ring (bicyclic) bond motifs is 1. The van der Waals surface area contributed by atoms with Crippen molar-refractivity contribution in [1.29, 1.82) is 0 Å². The molecule has 0 bridgehead atoms. The van der Waals surface area contributed by atoms with E-state index in [4.69, 9.17) is 18.9 Å². The van der Waals surface area contributed by atoms with Gasteiger partial charge in [-0.2, -0.15) is 0 Å². The molecule has 1 heterocycles. The maximum atomic E-state index is 13.5. The molecule has 0 unspecified atom stereocenters. The highest BCUT2D eigenvalue weighted by Gasteiger charge is 2.45. The lowest BCUT2D eigenvalue weighted by atomic mass is 10.1. The molecule has 8 heteroatoms. The first-order chi connectivity index (χ1) is 11.4. The van der Waals surface area contributed by atoms with Gasteiger partial charge in [0.2, 0.25) is 0 Å². The van der Waals surface area contributed by atoms with Gasteiger partial charge < -0.3 is 29.2 Å². The topological polar surface area (TPSA) is 52.2 Å². The summed E-state index contributed by atoms with van der Waals surface area (Å²) in [6.07, 6.45) is -3.62. The van der Waals surface area contributed by atoms with Crippen molar-refractivity contribution >= 4 is 0 Å². The molecule has 1 aliphatic rings. The van der Waals surface area contributed by atoms with E-state index in [9.17, 15) is 8.78 Å². The van der Waals surface area contributed by atoms with Crippen molar-refractivity contribution in [1.82, 2.24) is 10.2 Å². The van der Waals surface area contributed by atoms with Crippen LogP contribution in [0.5, 0.6) is 11.5 Å². The van der Waals surface area contributed by atoms with E-state index in [1.54, 1.807) is 19.2 Å². The van der Waals surface area contributed by atoms with E-state index >= 15 is 0 Å². The molecule has 24 heavy (non-hydrogen) atoms. The van der Waals surface area contributed by atoms with E-state index in [2.05, 4.69) is 5.32 Å². The van der Waals surface area contributed by atoms with Crippen LogP contribution in [0.25, 0.3) is 0 Å². The molecule has 0 saturated carbocycles. The van der Waals surface area contributed by atoms with Crippen LogP contribution in [0, 0.1) is 0 Å². The Morgan fingerprint density at radius 1 is 1.08 bits per heavy atom. The highest BCUT2D eigenvalue weighted by atomic mass is 19.3. The van der Waals surface area contributed by atoms with Gasteiger partial charge in [-0.1, -0.05) is 12.1 Å². The molecular weight excluding hydrogens is 322 g/mol. The summed E-state index contributed by atoms with van der Waals surface area (Å²) in [5.41, 5.74) is 1.29. The van der Waals surface area contributed by atoms with Crippen LogP contribution in [-0.2, 0) is 22.6 Å². The maximum Gasteiger partial charge on any atom is 0.586 e. The summed E-state index contributed by atoms with van der Waals surface area (Å²) in [5, 5.41) is 3.14. The van der Waals surface area contributed by atoms with Gasteiger partial charge in [0.15, 0.2) is 11.5 Å². The predicted molar refractivity (Wildman–Crippen MR) is 84.4 cm³/mol. The number of hydrogen-bond acceptors (Lipinski definition) is 6. The number of halogens is 2. The zero-order chi connectivity index (χ0) is 17.6. The van der Waals surface area contributed by atoms with E-state index in [-0.39, 0.29) is 11.5 Å². The zero-order valence-corrected chi connectivity index (χ0v) is 14.2. The van der Waals surface area contributed by atoms with Gasteiger partial charge in [-0.05, 0) is 14.1 Å². The molecule has 6 nitrogen and oxygen atoms in total. The van der Waals surface area contributed by atoms with Crippen molar-refractivity contribution in [2.24, 2.45) is 0 Å². The minimum atomic E-state index is -3.62. The molecule has 0 radical (unpaired) electrons. The summed E-state index contributed by atoms with van der Waals surface area (Å²) in [7, 11) is 5.33. The van der Waals surface area contributed by atoms with Gasteiger partial charge in [0.25, 0.3) is 0 Å². The highest BCUT2D eigenvalue weighted by molar-refractivity contribution is 5.54. The van der Waals surface area contributed by atoms with Gasteiger partial charge in [0.05, 0.1) is 19.8 Å². The monoisotopic (exact) mass is 346 g/mol. The first-order valence-electron chi connectivity index (χ1n) is 7.75. The van der Waals surface area contributed by atoms with Gasteiger partial charge >= 0.3 is 6.29 Å². The van der Waals surface area contributed by atoms with E-state index in [1.165, 1.54) is 0 Å². The first-order valence-corrected chi connectivity index (χ1v) is 7.75. The molecule has 0 atom stereocenters. The molecule has 0 amide bonds. The lowest BCUT2D eigenvalue weighted by Crippen LogP contribution is -2.26. The largest absolute Gasteiger partial charge is 0.586 e. The van der Waals surface area contributed by atoms with E-state index in [1.807, 2.05) is 19.0 Å². The first kappa shape index (κ1) is 18.9. The summed E-state index contributed by atoms with van der Waals surface area (Å²) in [5.74, 6) is 0.219. The van der Waals surface area contributed by atoms with Crippen molar-refractivity contribution in [3.63, 3.8) is 0 Å². The van der Waals surface area contributed by atoms with E-state index in [0.29, 0.717) is 50.6 Å². The summed E-state index contributed by atoms with van der Waals surface area (Å²) >= 11 is 0. The molecule has 136 valence electrons. The van der Waals surface area contributed by atoms with Crippen molar-refractivity contribution in [2.45, 2.75) is 19.4 Å². The molecular formula is C16H24F2N2O4. The number of nitrogens with one attached hydrogen (secondary N) is 1. The van der Waals surface area contributed by atoms with Crippen LogP contribution in [-0.4, -0.2) is 58.8 Å². The second kappa shape index (κ2) is 8.57. The normalized spacial score (nSPS) is 15.2. The van der Waals surface area contributed by atoms with Crippen molar-refractivity contribution in [3.05, 3.63) is 23.3 Å². The second-order valence-corrected chi connectivity index (χ2v) is 5.73. The number of nitrogens with zero attached hydrogens (tertiary/aromatic N) is 1. The van der Waals surface area contributed by atoms with Crippen LogP contribution in [0.15, 0.2) is 12.1 Å². The zero-order valence-electron chi connectivity index (χ0n) is 14.2. The lowest BCUT2D eigenvalue weighted by molar-refractivity contribution is -0.287. The molecule has 0 spiro atoms. The average Bonchev–Trinajstić information content (AvgIpc) is 2.83. The van der Waals surface area contributed by atoms with E-state index in [0.717, 1.165) is 0 Å². The Kier molecular flexibility index (Phi) is 6.73. The molecule has 2 rings (SSSR count). The second-order valence-electron chi connectivity index (χ2n) is 5.73. The fraction of sp³-hybridized carbons (Fsp3) is 0.625. The van der Waals surface area contributed by atoms with E-state index < -0.39 is 6.29 Å². The minimum absolute atomic E-state index is 0.104. The van der Waals surface area contributed by atoms with Crippen LogP contribution in [0.3, 0.4) is 0 Å². The van der Waals surface area contributed by atoms with Gasteiger partial charge in [-0.15, -0.1) is 8.78 Å². The number of alkyl halides is 2. The van der Waals surface area contributed by atoms with Crippen molar-refractivity contribution in [2.75, 3.05) is 47.6 Å². The molecule has 1 aliphatic heterocycles. The number of methoxy groups -OCH3 is 1. The number of benzene rings is 1. The van der Waals surface area contributed by atoms with Crippen molar-refractivity contribution < 1.29 is 27.7 Å². The third kappa shape index (κ3) is 5.27. The van der Waals surface area contributed by atoms with Gasteiger partial charge in [0.1, 0.15) is 0 Å². The van der Waals surface area contributed by atoms with Crippen LogP contribution < -0.4 is 14.8 Å². The number of ether oxygens (including phenoxy) is 4. The summed E-state index contributed by atoms with van der Waals surface area (Å²) in [6, 6.07) is 3.57. The maximum absolute atomic E-state index is 13.5. The predicted octanol–water partition coefficient (Wildman–Crippen LogP) is 1.82. The quantitative estimate of drug-likeness (QED) is 0.653. The Balaban J connectivity index is 1.95. The Hall–Kier alpha value is -1.48. The summed E-state index contributed by atoms with van der Waals surface area (Å²) < 4.78 is 46.6. The SMILES string of the molecule is COCCOCCNCc1ccc(CN(C)C)c2c1OC(F)(F)O2. The highest BCUT2D eigenvalue weighted by Crippen LogP contribution is 2.46. The van der Waals surface area contributed by atoms with Crippen LogP contribution in [0.1, 0.15) is 11.1 Å². The Morgan fingerprint density at radius 2 is 1.75 bits per heavy atom. The molecule has 1 aromatic carbocycles. The third-order valence-electron chi connectivity index (χ3n) is 3.37.